The third-order valence-electron chi connectivity index (χ3n) is 4.12. The molecule has 28 heavy (non-hydrogen) atoms. The van der Waals surface area contributed by atoms with Gasteiger partial charge in [-0.25, -0.2) is 4.99 Å². The fraction of sp³-hybridized carbons (Fsp3) is 0.167. The lowest BCUT2D eigenvalue weighted by atomic mass is 10.0. The number of nitrogens with two attached hydrogens (primary N) is 2. The fourth-order valence-electron chi connectivity index (χ4n) is 2.83. The van der Waals surface area contributed by atoms with E-state index in [1.807, 2.05) is 6.07 Å². The second kappa shape index (κ2) is 8.35. The number of hydrogen-bond donors (Lipinski definition) is 4. The van der Waals surface area contributed by atoms with E-state index >= 15 is 0 Å². The number of methoxy groups -OCH3 is 1. The predicted molar refractivity (Wildman–Crippen MR) is 101 cm³/mol. The number of amides is 1. The molecule has 2 aromatic rings. The number of ether oxygens (including phenoxy) is 1. The Morgan fingerprint density at radius 1 is 1.39 bits per heavy atom. The molecule has 1 amide bonds. The van der Waals surface area contributed by atoms with Crippen molar-refractivity contribution in [3.05, 3.63) is 48.9 Å². The SMILES string of the molecule is COc1cncc(NC(=O)C(C(=N)N)C2N=CC(F)=C[NH2+]2)c1-c1cccnc1. The summed E-state index contributed by atoms with van der Waals surface area (Å²) in [6.45, 7) is 0. The number of nitrogens with one attached hydrogen (secondary N) is 2. The van der Waals surface area contributed by atoms with Gasteiger partial charge < -0.3 is 15.8 Å². The van der Waals surface area contributed by atoms with Gasteiger partial charge in [-0.05, 0) is 6.07 Å². The Labute approximate surface area is 160 Å². The summed E-state index contributed by atoms with van der Waals surface area (Å²) in [6.07, 6.45) is 7.66. The number of quaternary nitrogens is 1. The summed E-state index contributed by atoms with van der Waals surface area (Å²) in [6, 6.07) is 3.57. The number of aliphatic imine (C=N–C) groups is 1. The molecule has 9 nitrogen and oxygen atoms in total. The maximum absolute atomic E-state index is 13.2. The minimum absolute atomic E-state index is 0.366. The molecule has 0 aromatic carbocycles. The van der Waals surface area contributed by atoms with Crippen molar-refractivity contribution < 1.29 is 19.2 Å². The van der Waals surface area contributed by atoms with E-state index in [0.29, 0.717) is 22.6 Å². The lowest BCUT2D eigenvalue weighted by Gasteiger charge is -2.22. The molecule has 0 aliphatic carbocycles. The van der Waals surface area contributed by atoms with Crippen LogP contribution in [0.4, 0.5) is 10.1 Å². The van der Waals surface area contributed by atoms with Crippen LogP contribution in [0.2, 0.25) is 0 Å². The van der Waals surface area contributed by atoms with Crippen molar-refractivity contribution in [2.24, 2.45) is 16.6 Å². The van der Waals surface area contributed by atoms with Gasteiger partial charge in [-0.2, -0.15) is 4.39 Å². The van der Waals surface area contributed by atoms with E-state index in [-0.39, 0.29) is 5.84 Å². The zero-order valence-electron chi connectivity index (χ0n) is 15.0. The highest BCUT2D eigenvalue weighted by Crippen LogP contribution is 2.35. The van der Waals surface area contributed by atoms with Gasteiger partial charge in [0.25, 0.3) is 0 Å². The van der Waals surface area contributed by atoms with Crippen LogP contribution in [0.3, 0.4) is 0 Å². The first-order chi connectivity index (χ1) is 13.5. The number of carbonyl (C=O) groups excluding carboxylic acids is 1. The van der Waals surface area contributed by atoms with Crippen LogP contribution in [0.25, 0.3) is 11.1 Å². The fourth-order valence-corrected chi connectivity index (χ4v) is 2.83. The van der Waals surface area contributed by atoms with Crippen molar-refractivity contribution in [3.8, 4) is 16.9 Å². The molecular weight excluding hydrogens is 365 g/mol. The number of allylic oxidation sites excluding steroid dienone is 1. The van der Waals surface area contributed by atoms with E-state index in [2.05, 4.69) is 20.3 Å². The Kier molecular flexibility index (Phi) is 5.70. The molecule has 10 heteroatoms. The lowest BCUT2D eigenvalue weighted by molar-refractivity contribution is -0.629. The van der Waals surface area contributed by atoms with Crippen LogP contribution in [-0.2, 0) is 4.79 Å². The first kappa shape index (κ1) is 19.1. The van der Waals surface area contributed by atoms with E-state index in [0.717, 1.165) is 6.21 Å². The smallest absolute Gasteiger partial charge is 0.243 e. The standard InChI is InChI=1S/C18H18FN7O2/c1-28-13-9-23-8-12(14(13)10-3-2-4-22-5-10)26-18(27)15(16(20)21)17-24-6-11(19)7-25-17/h2-9,15,17,24H,1H3,(H3,20,21)(H,26,27)/p+1. The van der Waals surface area contributed by atoms with E-state index in [9.17, 15) is 9.18 Å². The van der Waals surface area contributed by atoms with Crippen LogP contribution >= 0.6 is 0 Å². The second-order valence-electron chi connectivity index (χ2n) is 5.94. The van der Waals surface area contributed by atoms with Gasteiger partial charge in [0.05, 0.1) is 37.0 Å². The Bertz CT molecular complexity index is 946. The first-order valence-electron chi connectivity index (χ1n) is 8.32. The monoisotopic (exact) mass is 384 g/mol. The molecule has 0 spiro atoms. The van der Waals surface area contributed by atoms with Gasteiger partial charge in [-0.15, -0.1) is 0 Å². The number of hydrogen-bond acceptors (Lipinski definition) is 6. The molecule has 0 saturated heterocycles. The summed E-state index contributed by atoms with van der Waals surface area (Å²) in [5.74, 6) is -2.15. The highest BCUT2D eigenvalue weighted by Gasteiger charge is 2.35. The van der Waals surface area contributed by atoms with Crippen molar-refractivity contribution >= 4 is 23.6 Å². The molecule has 3 rings (SSSR count). The van der Waals surface area contributed by atoms with Gasteiger partial charge >= 0.3 is 0 Å². The van der Waals surface area contributed by atoms with Crippen molar-refractivity contribution in [3.63, 3.8) is 0 Å². The topological polar surface area (TPSA) is 143 Å². The number of pyridine rings is 2. The highest BCUT2D eigenvalue weighted by molar-refractivity contribution is 6.09. The van der Waals surface area contributed by atoms with Crippen LogP contribution in [0.5, 0.6) is 5.75 Å². The summed E-state index contributed by atoms with van der Waals surface area (Å²) in [4.78, 5) is 25.0. The predicted octanol–water partition coefficient (Wildman–Crippen LogP) is 0.428. The molecule has 0 saturated carbocycles. The number of nitrogens with zero attached hydrogens (tertiary/aromatic N) is 3. The van der Waals surface area contributed by atoms with Crippen molar-refractivity contribution in [1.82, 2.24) is 9.97 Å². The highest BCUT2D eigenvalue weighted by atomic mass is 19.1. The normalized spacial score (nSPS) is 16.8. The lowest BCUT2D eigenvalue weighted by Crippen LogP contribution is -2.88. The van der Waals surface area contributed by atoms with E-state index in [1.165, 1.54) is 31.0 Å². The Morgan fingerprint density at radius 2 is 2.21 bits per heavy atom. The summed E-state index contributed by atoms with van der Waals surface area (Å²) in [5.41, 5.74) is 7.29. The molecule has 144 valence electrons. The van der Waals surface area contributed by atoms with Gasteiger partial charge in [-0.1, -0.05) is 6.07 Å². The van der Waals surface area contributed by atoms with Crippen LogP contribution in [0.15, 0.2) is 53.9 Å². The average molecular weight is 384 g/mol. The molecule has 1 aliphatic heterocycles. The van der Waals surface area contributed by atoms with Crippen molar-refractivity contribution in [1.29, 1.82) is 5.41 Å². The molecule has 3 heterocycles. The third-order valence-corrected chi connectivity index (χ3v) is 4.12. The number of anilines is 1. The average Bonchev–Trinajstić information content (AvgIpc) is 2.70. The zero-order valence-corrected chi connectivity index (χ0v) is 15.0. The molecule has 0 bridgehead atoms. The molecular formula is C18H19FN7O2+. The maximum Gasteiger partial charge on any atom is 0.243 e. The minimum Gasteiger partial charge on any atom is -0.494 e. The van der Waals surface area contributed by atoms with Crippen molar-refractivity contribution in [2.75, 3.05) is 12.4 Å². The molecule has 2 atom stereocenters. The number of carbonyl (C=O) groups is 1. The molecule has 6 N–H and O–H groups in total. The first-order valence-corrected chi connectivity index (χ1v) is 8.32. The van der Waals surface area contributed by atoms with Gasteiger partial charge in [0.1, 0.15) is 17.8 Å². The number of halogens is 1. The number of rotatable bonds is 6. The summed E-state index contributed by atoms with van der Waals surface area (Å²) >= 11 is 0. The van der Waals surface area contributed by atoms with E-state index in [1.54, 1.807) is 18.5 Å². The molecule has 2 aromatic heterocycles. The summed E-state index contributed by atoms with van der Waals surface area (Å²) < 4.78 is 18.5. The van der Waals surface area contributed by atoms with Gasteiger partial charge in [-0.3, -0.25) is 25.5 Å². The second-order valence-corrected chi connectivity index (χ2v) is 5.94. The number of aromatic nitrogens is 2. The number of amidine groups is 1. The van der Waals surface area contributed by atoms with E-state index in [4.69, 9.17) is 15.9 Å². The summed E-state index contributed by atoms with van der Waals surface area (Å²) in [5, 5.41) is 11.9. The van der Waals surface area contributed by atoms with Gasteiger partial charge in [0, 0.05) is 18.0 Å². The van der Waals surface area contributed by atoms with Crippen LogP contribution < -0.4 is 21.1 Å². The van der Waals surface area contributed by atoms with Crippen LogP contribution in [0, 0.1) is 11.3 Å². The third kappa shape index (κ3) is 4.01. The zero-order chi connectivity index (χ0) is 20.1. The summed E-state index contributed by atoms with van der Waals surface area (Å²) in [7, 11) is 1.49. The maximum atomic E-state index is 13.2. The largest absolute Gasteiger partial charge is 0.494 e. The Hall–Kier alpha value is -3.66. The molecule has 1 aliphatic rings. The van der Waals surface area contributed by atoms with Gasteiger partial charge in [0.15, 0.2) is 11.7 Å². The van der Waals surface area contributed by atoms with Crippen LogP contribution in [0.1, 0.15) is 0 Å². The minimum atomic E-state index is -1.10. The van der Waals surface area contributed by atoms with E-state index < -0.39 is 23.8 Å². The van der Waals surface area contributed by atoms with Crippen LogP contribution in [-0.4, -0.2) is 41.2 Å². The quantitative estimate of drug-likeness (QED) is 0.422. The van der Waals surface area contributed by atoms with Gasteiger partial charge in [0.2, 0.25) is 12.1 Å². The molecule has 2 unspecified atom stereocenters. The molecule has 0 fully saturated rings. The Morgan fingerprint density at radius 3 is 2.82 bits per heavy atom. The Balaban J connectivity index is 1.93. The molecule has 0 radical (unpaired) electrons. The van der Waals surface area contributed by atoms with Crippen molar-refractivity contribution in [2.45, 2.75) is 6.17 Å².